The fraction of sp³-hybridized carbons (Fsp3) is 0. The maximum atomic E-state index is 13.0. The fourth-order valence-electron chi connectivity index (χ4n) is 1.45. The van der Waals surface area contributed by atoms with Gasteiger partial charge in [0.05, 0.1) is 15.7 Å². The van der Waals surface area contributed by atoms with Crippen LogP contribution in [-0.4, -0.2) is 5.11 Å². The van der Waals surface area contributed by atoms with Crippen molar-refractivity contribution in [3.8, 4) is 0 Å². The van der Waals surface area contributed by atoms with Crippen molar-refractivity contribution in [1.29, 1.82) is 0 Å². The van der Waals surface area contributed by atoms with Crippen LogP contribution in [0.5, 0.6) is 0 Å². The molecule has 0 aliphatic carbocycles. The summed E-state index contributed by atoms with van der Waals surface area (Å²) in [6, 6.07) is 9.18. The average Bonchev–Trinajstić information content (AvgIpc) is 2.38. The van der Waals surface area contributed by atoms with Crippen molar-refractivity contribution < 1.29 is 4.39 Å². The maximum Gasteiger partial charge on any atom is 0.175 e. The molecule has 0 spiro atoms. The molecule has 0 fully saturated rings. The van der Waals surface area contributed by atoms with Gasteiger partial charge in [0.15, 0.2) is 5.11 Å². The molecular formula is C13H8Cl3FN2S. The first-order valence-corrected chi connectivity index (χ1v) is 6.98. The summed E-state index contributed by atoms with van der Waals surface area (Å²) >= 11 is 22.7. The van der Waals surface area contributed by atoms with Gasteiger partial charge < -0.3 is 10.6 Å². The molecule has 0 bridgehead atoms. The minimum absolute atomic E-state index is 0.0126. The zero-order valence-electron chi connectivity index (χ0n) is 9.88. The van der Waals surface area contributed by atoms with E-state index in [2.05, 4.69) is 10.6 Å². The molecule has 0 aliphatic heterocycles. The van der Waals surface area contributed by atoms with E-state index < -0.39 is 5.82 Å². The van der Waals surface area contributed by atoms with Gasteiger partial charge in [-0.25, -0.2) is 4.39 Å². The Hall–Kier alpha value is -1.07. The van der Waals surface area contributed by atoms with Crippen LogP contribution in [0.1, 0.15) is 0 Å². The van der Waals surface area contributed by atoms with Gasteiger partial charge in [-0.15, -0.1) is 0 Å². The largest absolute Gasteiger partial charge is 0.332 e. The molecule has 0 saturated carbocycles. The van der Waals surface area contributed by atoms with E-state index >= 15 is 0 Å². The SMILES string of the molecule is Fc1ccc(NC(=S)Nc2cc(Cl)ccc2Cl)cc1Cl. The normalized spacial score (nSPS) is 10.2. The van der Waals surface area contributed by atoms with E-state index in [1.54, 1.807) is 18.2 Å². The molecule has 2 nitrogen and oxygen atoms in total. The van der Waals surface area contributed by atoms with Crippen molar-refractivity contribution in [3.63, 3.8) is 0 Å². The lowest BCUT2D eigenvalue weighted by molar-refractivity contribution is 0.628. The summed E-state index contributed by atoms with van der Waals surface area (Å²) in [7, 11) is 0. The lowest BCUT2D eigenvalue weighted by Gasteiger charge is -2.12. The van der Waals surface area contributed by atoms with E-state index in [0.717, 1.165) is 0 Å². The minimum Gasteiger partial charge on any atom is -0.332 e. The van der Waals surface area contributed by atoms with E-state index in [0.29, 0.717) is 21.4 Å². The van der Waals surface area contributed by atoms with Gasteiger partial charge in [0.1, 0.15) is 5.82 Å². The lowest BCUT2D eigenvalue weighted by atomic mass is 10.3. The smallest absolute Gasteiger partial charge is 0.175 e. The van der Waals surface area contributed by atoms with E-state index in [-0.39, 0.29) is 10.1 Å². The van der Waals surface area contributed by atoms with Crippen molar-refractivity contribution in [2.45, 2.75) is 0 Å². The summed E-state index contributed by atoms with van der Waals surface area (Å²) in [5.74, 6) is -0.492. The number of thiocarbonyl (C=S) groups is 1. The molecule has 2 aromatic rings. The third-order valence-electron chi connectivity index (χ3n) is 2.35. The van der Waals surface area contributed by atoms with E-state index in [1.165, 1.54) is 18.2 Å². The van der Waals surface area contributed by atoms with Crippen molar-refractivity contribution in [2.24, 2.45) is 0 Å². The molecular weight excluding hydrogens is 342 g/mol. The number of rotatable bonds is 2. The van der Waals surface area contributed by atoms with Crippen LogP contribution < -0.4 is 10.6 Å². The van der Waals surface area contributed by atoms with Gasteiger partial charge >= 0.3 is 0 Å². The van der Waals surface area contributed by atoms with Crippen LogP contribution in [0.25, 0.3) is 0 Å². The van der Waals surface area contributed by atoms with Gasteiger partial charge in [0.25, 0.3) is 0 Å². The molecule has 0 saturated heterocycles. The van der Waals surface area contributed by atoms with Crippen LogP contribution in [0.2, 0.25) is 15.1 Å². The Kier molecular flexibility index (Phi) is 5.05. The number of hydrogen-bond acceptors (Lipinski definition) is 1. The predicted octanol–water partition coefficient (Wildman–Crippen LogP) is 5.59. The highest BCUT2D eigenvalue weighted by Gasteiger charge is 2.06. The number of benzene rings is 2. The molecule has 2 aromatic carbocycles. The van der Waals surface area contributed by atoms with Gasteiger partial charge in [0.2, 0.25) is 0 Å². The maximum absolute atomic E-state index is 13.0. The fourth-order valence-corrected chi connectivity index (χ4v) is 2.20. The molecule has 0 atom stereocenters. The molecule has 20 heavy (non-hydrogen) atoms. The van der Waals surface area contributed by atoms with Crippen LogP contribution in [0.3, 0.4) is 0 Å². The Bertz CT molecular complexity index is 664. The van der Waals surface area contributed by atoms with Gasteiger partial charge in [-0.2, -0.15) is 0 Å². The van der Waals surface area contributed by atoms with Gasteiger partial charge in [-0.1, -0.05) is 34.8 Å². The van der Waals surface area contributed by atoms with E-state index in [1.807, 2.05) is 0 Å². The highest BCUT2D eigenvalue weighted by atomic mass is 35.5. The lowest BCUT2D eigenvalue weighted by Crippen LogP contribution is -2.19. The molecule has 0 radical (unpaired) electrons. The predicted molar refractivity (Wildman–Crippen MR) is 87.7 cm³/mol. The molecule has 104 valence electrons. The Labute approximate surface area is 135 Å². The Morgan fingerprint density at radius 3 is 2.40 bits per heavy atom. The summed E-state index contributed by atoms with van der Waals surface area (Å²) < 4.78 is 13.0. The third-order valence-corrected chi connectivity index (χ3v) is 3.41. The van der Waals surface area contributed by atoms with Gasteiger partial charge in [-0.3, -0.25) is 0 Å². The first kappa shape index (κ1) is 15.3. The highest BCUT2D eigenvalue weighted by Crippen LogP contribution is 2.26. The standard InChI is InChI=1S/C13H8Cl3FN2S/c14-7-1-3-9(15)12(5-7)19-13(20)18-8-2-4-11(17)10(16)6-8/h1-6H,(H2,18,19,20). The quantitative estimate of drug-likeness (QED) is 0.691. The van der Waals surface area contributed by atoms with Gasteiger partial charge in [0, 0.05) is 10.7 Å². The first-order chi connectivity index (χ1) is 9.45. The molecule has 2 rings (SSSR count). The van der Waals surface area contributed by atoms with Crippen LogP contribution >= 0.6 is 47.0 Å². The molecule has 7 heteroatoms. The van der Waals surface area contributed by atoms with Crippen LogP contribution in [0.4, 0.5) is 15.8 Å². The number of halogens is 4. The topological polar surface area (TPSA) is 24.1 Å². The van der Waals surface area contributed by atoms with Crippen molar-refractivity contribution in [2.75, 3.05) is 10.6 Å². The molecule has 0 aromatic heterocycles. The average molecular weight is 350 g/mol. The van der Waals surface area contributed by atoms with E-state index in [9.17, 15) is 4.39 Å². The second-order valence-electron chi connectivity index (χ2n) is 3.83. The molecule has 0 aliphatic rings. The summed E-state index contributed by atoms with van der Waals surface area (Å²) in [4.78, 5) is 0. The minimum atomic E-state index is -0.492. The Morgan fingerprint density at radius 2 is 1.70 bits per heavy atom. The van der Waals surface area contributed by atoms with Crippen molar-refractivity contribution in [3.05, 3.63) is 57.3 Å². The summed E-state index contributed by atoms with van der Waals surface area (Å²) in [6.45, 7) is 0. The Balaban J connectivity index is 2.09. The van der Waals surface area contributed by atoms with Crippen LogP contribution in [0, 0.1) is 5.82 Å². The summed E-state index contributed by atoms with van der Waals surface area (Å²) in [5, 5.41) is 7.09. The van der Waals surface area contributed by atoms with Gasteiger partial charge in [-0.05, 0) is 48.6 Å². The number of hydrogen-bond donors (Lipinski definition) is 2. The second-order valence-corrected chi connectivity index (χ2v) is 5.49. The molecule has 0 amide bonds. The summed E-state index contributed by atoms with van der Waals surface area (Å²) in [5.41, 5.74) is 1.14. The molecule has 0 heterocycles. The number of nitrogens with one attached hydrogen (secondary N) is 2. The number of anilines is 2. The zero-order valence-corrected chi connectivity index (χ0v) is 13.0. The zero-order chi connectivity index (χ0) is 14.7. The van der Waals surface area contributed by atoms with Crippen LogP contribution in [0.15, 0.2) is 36.4 Å². The second kappa shape index (κ2) is 6.59. The van der Waals surface area contributed by atoms with Crippen LogP contribution in [-0.2, 0) is 0 Å². The molecule has 0 unspecified atom stereocenters. The van der Waals surface area contributed by atoms with E-state index in [4.69, 9.17) is 47.0 Å². The molecule has 2 N–H and O–H groups in total. The third kappa shape index (κ3) is 3.96. The monoisotopic (exact) mass is 348 g/mol. The highest BCUT2D eigenvalue weighted by molar-refractivity contribution is 7.80. The van der Waals surface area contributed by atoms with Crippen molar-refractivity contribution >= 4 is 63.5 Å². The first-order valence-electron chi connectivity index (χ1n) is 5.44. The Morgan fingerprint density at radius 1 is 0.950 bits per heavy atom. The summed E-state index contributed by atoms with van der Waals surface area (Å²) in [6.07, 6.45) is 0. The van der Waals surface area contributed by atoms with Crippen molar-refractivity contribution in [1.82, 2.24) is 0 Å².